The Balaban J connectivity index is 1.47. The molecular weight excluding hydrogens is 555 g/mol. The lowest BCUT2D eigenvalue weighted by atomic mass is 10.1. The van der Waals surface area contributed by atoms with E-state index in [0.717, 1.165) is 11.3 Å². The third-order valence-corrected chi connectivity index (χ3v) is 13.5. The van der Waals surface area contributed by atoms with Crippen LogP contribution in [0.1, 0.15) is 44.2 Å². The maximum absolute atomic E-state index is 15.1. The van der Waals surface area contributed by atoms with Gasteiger partial charge < -0.3 is 13.7 Å². The first-order valence-corrected chi connectivity index (χ1v) is 17.0. The van der Waals surface area contributed by atoms with Crippen molar-refractivity contribution in [2.24, 2.45) is 0 Å². The van der Waals surface area contributed by atoms with E-state index in [1.165, 1.54) is 6.07 Å². The number of benzene rings is 1. The SMILES string of the molecule is CCNP(=O)(NCC)C(Cc1ccc(OCCc2nc(-c3ccncc3)oc2C)c(F)c1)P1(=O)NC(C)CCO1. The number of ether oxygens (including phenoxy) is 1. The predicted molar refractivity (Wildman–Crippen MR) is 153 cm³/mol. The highest BCUT2D eigenvalue weighted by Crippen LogP contribution is 2.65. The van der Waals surface area contributed by atoms with Gasteiger partial charge in [0.15, 0.2) is 11.6 Å². The van der Waals surface area contributed by atoms with Gasteiger partial charge >= 0.3 is 0 Å². The fraction of sp³-hybridized carbons (Fsp3) is 0.481. The molecule has 3 heterocycles. The van der Waals surface area contributed by atoms with E-state index in [2.05, 4.69) is 25.2 Å². The van der Waals surface area contributed by atoms with Gasteiger partial charge in [0.25, 0.3) is 7.52 Å². The Morgan fingerprint density at radius 1 is 1.23 bits per heavy atom. The summed E-state index contributed by atoms with van der Waals surface area (Å²) >= 11 is 0. The summed E-state index contributed by atoms with van der Waals surface area (Å²) in [5, 5.41) is 8.19. The molecule has 1 aromatic carbocycles. The van der Waals surface area contributed by atoms with Gasteiger partial charge in [0.2, 0.25) is 13.3 Å². The number of halogens is 1. The lowest BCUT2D eigenvalue weighted by Crippen LogP contribution is -2.40. The van der Waals surface area contributed by atoms with Crippen molar-refractivity contribution in [3.8, 4) is 17.2 Å². The quantitative estimate of drug-likeness (QED) is 0.213. The molecule has 0 spiro atoms. The molecule has 2 aromatic heterocycles. The first kappa shape index (κ1) is 30.6. The maximum atomic E-state index is 15.1. The molecule has 3 aromatic rings. The number of pyridine rings is 1. The van der Waals surface area contributed by atoms with Gasteiger partial charge in [0, 0.05) is 43.5 Å². The monoisotopic (exact) mass is 593 g/mol. The first-order valence-electron chi connectivity index (χ1n) is 13.6. The van der Waals surface area contributed by atoms with Crippen molar-refractivity contribution >= 4 is 15.0 Å². The zero-order chi connectivity index (χ0) is 28.8. The van der Waals surface area contributed by atoms with Crippen molar-refractivity contribution in [3.63, 3.8) is 0 Å². The molecule has 10 nitrogen and oxygen atoms in total. The number of aryl methyl sites for hydroxylation is 1. The van der Waals surface area contributed by atoms with Gasteiger partial charge in [0.1, 0.15) is 11.2 Å². The summed E-state index contributed by atoms with van der Waals surface area (Å²) in [6, 6.07) is 8.16. The first-order chi connectivity index (χ1) is 19.2. The summed E-state index contributed by atoms with van der Waals surface area (Å²) in [5.41, 5.74) is 2.09. The van der Waals surface area contributed by atoms with Crippen LogP contribution in [0.25, 0.3) is 11.5 Å². The van der Waals surface area contributed by atoms with Crippen LogP contribution in [0.3, 0.4) is 0 Å². The second-order valence-electron chi connectivity index (χ2n) is 9.74. The van der Waals surface area contributed by atoms with E-state index >= 15 is 4.39 Å². The van der Waals surface area contributed by atoms with Crippen LogP contribution in [0.5, 0.6) is 5.75 Å². The van der Waals surface area contributed by atoms with Crippen molar-refractivity contribution in [3.05, 3.63) is 65.6 Å². The summed E-state index contributed by atoms with van der Waals surface area (Å²) in [4.78, 5) is 8.54. The van der Waals surface area contributed by atoms with Gasteiger partial charge in [-0.25, -0.2) is 14.5 Å². The topological polar surface area (TPSA) is 128 Å². The van der Waals surface area contributed by atoms with Gasteiger partial charge in [-0.05, 0) is 56.5 Å². The summed E-state index contributed by atoms with van der Waals surface area (Å²) in [5.74, 6) is 0.698. The van der Waals surface area contributed by atoms with Crippen molar-refractivity contribution in [1.82, 2.24) is 25.2 Å². The molecular formula is C27H38FN5O5P2. The number of oxazole rings is 1. The van der Waals surface area contributed by atoms with Crippen LogP contribution < -0.4 is 20.0 Å². The van der Waals surface area contributed by atoms with Crippen LogP contribution >= 0.6 is 15.0 Å². The molecule has 1 aliphatic heterocycles. The van der Waals surface area contributed by atoms with Crippen LogP contribution in [0.4, 0.5) is 4.39 Å². The van der Waals surface area contributed by atoms with E-state index in [-0.39, 0.29) is 24.8 Å². The fourth-order valence-corrected chi connectivity index (χ4v) is 11.2. The van der Waals surface area contributed by atoms with Gasteiger partial charge in [-0.1, -0.05) is 19.9 Å². The van der Waals surface area contributed by atoms with Gasteiger partial charge in [-0.15, -0.1) is 0 Å². The van der Waals surface area contributed by atoms with Crippen LogP contribution in [0, 0.1) is 12.7 Å². The highest BCUT2D eigenvalue weighted by molar-refractivity contribution is 7.76. The van der Waals surface area contributed by atoms with E-state index in [4.69, 9.17) is 13.7 Å². The van der Waals surface area contributed by atoms with E-state index in [1.54, 1.807) is 24.5 Å². The molecule has 0 bridgehead atoms. The predicted octanol–water partition coefficient (Wildman–Crippen LogP) is 5.68. The molecule has 13 heteroatoms. The lowest BCUT2D eigenvalue weighted by Gasteiger charge is -2.38. The Bertz CT molecular complexity index is 1350. The Hall–Kier alpha value is -2.39. The standard InChI is InChI=1S/C27H38FN5O5P2/c1-5-30-39(34,31-6-2)26(40(35)33-19(3)11-16-37-40)18-21-7-8-25(23(28)17-21)36-15-12-24-20(4)38-27(32-24)22-9-13-29-14-10-22/h7-10,13-14,17,19,26H,5-6,11-12,15-16,18H2,1-4H3,(H,33,35)(H2,30,31,34). The molecule has 3 N–H and O–H groups in total. The Morgan fingerprint density at radius 3 is 2.60 bits per heavy atom. The number of hydrogen-bond acceptors (Lipinski definition) is 7. The van der Waals surface area contributed by atoms with Gasteiger partial charge in [-0.2, -0.15) is 0 Å². The Labute approximate surface area is 234 Å². The maximum Gasteiger partial charge on any atom is 0.283 e. The summed E-state index contributed by atoms with van der Waals surface area (Å²) in [7, 11) is -6.92. The smallest absolute Gasteiger partial charge is 0.283 e. The van der Waals surface area contributed by atoms with Crippen LogP contribution in [-0.2, 0) is 26.5 Å². The molecule has 218 valence electrons. The average Bonchev–Trinajstić information content (AvgIpc) is 3.29. The third-order valence-electron chi connectivity index (χ3n) is 6.66. The van der Waals surface area contributed by atoms with Crippen molar-refractivity contribution in [2.75, 3.05) is 26.3 Å². The second kappa shape index (κ2) is 13.5. The Morgan fingerprint density at radius 2 is 1.95 bits per heavy atom. The van der Waals surface area contributed by atoms with E-state index in [1.807, 2.05) is 39.8 Å². The van der Waals surface area contributed by atoms with E-state index in [0.29, 0.717) is 49.8 Å². The fourth-order valence-electron chi connectivity index (χ4n) is 4.68. The summed E-state index contributed by atoms with van der Waals surface area (Å²) in [6.07, 6.45) is 4.56. The highest BCUT2D eigenvalue weighted by atomic mass is 31.2. The molecule has 3 unspecified atom stereocenters. The van der Waals surface area contributed by atoms with Crippen molar-refractivity contribution < 1.29 is 27.2 Å². The van der Waals surface area contributed by atoms with Crippen LogP contribution in [0.15, 0.2) is 47.1 Å². The van der Waals surface area contributed by atoms with Crippen LogP contribution in [-0.4, -0.2) is 47.7 Å². The molecule has 0 aliphatic carbocycles. The molecule has 0 radical (unpaired) electrons. The largest absolute Gasteiger partial charge is 0.490 e. The number of hydrogen-bond donors (Lipinski definition) is 3. The minimum Gasteiger partial charge on any atom is -0.490 e. The lowest BCUT2D eigenvalue weighted by molar-refractivity contribution is 0.252. The van der Waals surface area contributed by atoms with E-state index in [9.17, 15) is 9.13 Å². The van der Waals surface area contributed by atoms with Crippen molar-refractivity contribution in [2.45, 2.75) is 58.4 Å². The number of nitrogens with one attached hydrogen (secondary N) is 3. The normalized spacial score (nSPS) is 20.4. The number of nitrogens with zero attached hydrogens (tertiary/aromatic N) is 2. The molecule has 0 saturated carbocycles. The molecule has 1 saturated heterocycles. The molecule has 1 fully saturated rings. The van der Waals surface area contributed by atoms with Gasteiger partial charge in [-0.3, -0.25) is 24.3 Å². The molecule has 3 atom stereocenters. The Kier molecular flexibility index (Phi) is 10.3. The van der Waals surface area contributed by atoms with Crippen LogP contribution in [0.2, 0.25) is 0 Å². The second-order valence-corrected chi connectivity index (χ2v) is 15.0. The molecule has 1 aliphatic rings. The number of aromatic nitrogens is 2. The zero-order valence-electron chi connectivity index (χ0n) is 23.4. The zero-order valence-corrected chi connectivity index (χ0v) is 25.1. The minimum atomic E-state index is -3.54. The third kappa shape index (κ3) is 7.27. The molecule has 40 heavy (non-hydrogen) atoms. The summed E-state index contributed by atoms with van der Waals surface area (Å²) < 4.78 is 60.4. The number of rotatable bonds is 13. The van der Waals surface area contributed by atoms with E-state index < -0.39 is 26.2 Å². The van der Waals surface area contributed by atoms with Crippen molar-refractivity contribution in [1.29, 1.82) is 0 Å². The van der Waals surface area contributed by atoms with Gasteiger partial charge in [0.05, 0.1) is 18.9 Å². The molecule has 0 amide bonds. The highest BCUT2D eigenvalue weighted by Gasteiger charge is 2.48. The molecule has 4 rings (SSSR count). The average molecular weight is 594 g/mol. The summed E-state index contributed by atoms with van der Waals surface area (Å²) in [6.45, 7) is 8.74. The minimum absolute atomic E-state index is 0.0552.